The first kappa shape index (κ1) is 13.0. The maximum atomic E-state index is 12.4. The van der Waals surface area contributed by atoms with Gasteiger partial charge in [-0.05, 0) is 38.6 Å². The number of thioether (sulfide) groups is 1. The van der Waals surface area contributed by atoms with Crippen LogP contribution in [0, 0.1) is 5.92 Å². The van der Waals surface area contributed by atoms with Gasteiger partial charge in [0, 0.05) is 24.3 Å². The van der Waals surface area contributed by atoms with Crippen molar-refractivity contribution >= 4 is 17.7 Å². The molecule has 1 saturated heterocycles. The summed E-state index contributed by atoms with van der Waals surface area (Å²) in [6, 6.07) is 0.415. The van der Waals surface area contributed by atoms with Gasteiger partial charge in [0.05, 0.1) is 6.04 Å². The number of amides is 1. The van der Waals surface area contributed by atoms with Crippen LogP contribution in [0.2, 0.25) is 0 Å². The van der Waals surface area contributed by atoms with Crippen LogP contribution in [0.1, 0.15) is 26.2 Å². The van der Waals surface area contributed by atoms with Gasteiger partial charge in [-0.1, -0.05) is 6.08 Å². The molecule has 4 heteroatoms. The Morgan fingerprint density at radius 3 is 3.00 bits per heavy atom. The molecule has 3 nitrogen and oxygen atoms in total. The molecule has 3 unspecified atom stereocenters. The summed E-state index contributed by atoms with van der Waals surface area (Å²) in [7, 11) is 1.89. The van der Waals surface area contributed by atoms with E-state index in [9.17, 15) is 4.79 Å². The minimum absolute atomic E-state index is 0.0259. The zero-order valence-corrected chi connectivity index (χ0v) is 11.5. The van der Waals surface area contributed by atoms with Crippen molar-refractivity contribution in [2.75, 3.05) is 19.3 Å². The normalized spacial score (nSPS) is 34.1. The molecule has 0 saturated carbocycles. The maximum Gasteiger partial charge on any atom is 0.239 e. The smallest absolute Gasteiger partial charge is 0.239 e. The van der Waals surface area contributed by atoms with Crippen molar-refractivity contribution in [1.29, 1.82) is 0 Å². The molecule has 2 aliphatic rings. The van der Waals surface area contributed by atoms with E-state index >= 15 is 0 Å². The average Bonchev–Trinajstić information content (AvgIpc) is 2.79. The number of nitrogens with zero attached hydrogens (tertiary/aromatic N) is 1. The highest BCUT2D eigenvalue weighted by molar-refractivity contribution is 8.02. The monoisotopic (exact) mass is 254 g/mol. The van der Waals surface area contributed by atoms with E-state index in [-0.39, 0.29) is 6.04 Å². The van der Waals surface area contributed by atoms with Gasteiger partial charge in [0.2, 0.25) is 5.91 Å². The predicted molar refractivity (Wildman–Crippen MR) is 73.0 cm³/mol. The fourth-order valence-corrected chi connectivity index (χ4v) is 3.53. The molecule has 3 atom stereocenters. The van der Waals surface area contributed by atoms with Crippen LogP contribution < -0.4 is 5.32 Å². The molecule has 2 rings (SSSR count). The molecule has 0 radical (unpaired) electrons. The third-order valence-corrected chi connectivity index (χ3v) is 4.74. The van der Waals surface area contributed by atoms with Gasteiger partial charge in [-0.2, -0.15) is 0 Å². The first-order chi connectivity index (χ1) is 8.22. The van der Waals surface area contributed by atoms with Crippen molar-refractivity contribution in [3.8, 4) is 0 Å². The average molecular weight is 254 g/mol. The second-order valence-electron chi connectivity index (χ2n) is 5.03. The molecule has 2 aliphatic heterocycles. The molecule has 0 bridgehead atoms. The Labute approximate surface area is 108 Å². The van der Waals surface area contributed by atoms with Crippen LogP contribution in [-0.4, -0.2) is 42.2 Å². The van der Waals surface area contributed by atoms with E-state index in [1.807, 2.05) is 18.8 Å². The maximum absolute atomic E-state index is 12.4. The number of likely N-dealkylation sites (tertiary alicyclic amines) is 1. The topological polar surface area (TPSA) is 32.3 Å². The van der Waals surface area contributed by atoms with E-state index in [4.69, 9.17) is 0 Å². The SMILES string of the molecule is CNC1CCCC(C)N(CC2C=CSC2)C1=O. The van der Waals surface area contributed by atoms with Crippen molar-refractivity contribution in [1.82, 2.24) is 10.2 Å². The van der Waals surface area contributed by atoms with E-state index in [2.05, 4.69) is 28.6 Å². The Morgan fingerprint density at radius 2 is 2.35 bits per heavy atom. The molecular formula is C13H22N2OS. The third kappa shape index (κ3) is 3.05. The Hall–Kier alpha value is -0.480. The Balaban J connectivity index is 2.04. The number of carbonyl (C=O) groups is 1. The minimum atomic E-state index is 0.0259. The second kappa shape index (κ2) is 5.91. The number of likely N-dealkylation sites (N-methyl/N-ethyl adjacent to an activating group) is 1. The lowest BCUT2D eigenvalue weighted by atomic mass is 10.1. The molecule has 0 aromatic heterocycles. The van der Waals surface area contributed by atoms with Gasteiger partial charge >= 0.3 is 0 Å². The number of rotatable bonds is 3. The van der Waals surface area contributed by atoms with Gasteiger partial charge in [-0.25, -0.2) is 0 Å². The number of hydrogen-bond donors (Lipinski definition) is 1. The van der Waals surface area contributed by atoms with Gasteiger partial charge in [0.25, 0.3) is 0 Å². The number of nitrogens with one attached hydrogen (secondary N) is 1. The molecule has 0 aromatic carbocycles. The van der Waals surface area contributed by atoms with Crippen LogP contribution in [0.15, 0.2) is 11.5 Å². The molecule has 96 valence electrons. The van der Waals surface area contributed by atoms with Crippen molar-refractivity contribution < 1.29 is 4.79 Å². The second-order valence-corrected chi connectivity index (χ2v) is 5.97. The summed E-state index contributed by atoms with van der Waals surface area (Å²) in [5.74, 6) is 1.96. The first-order valence-corrected chi connectivity index (χ1v) is 7.53. The molecule has 1 fully saturated rings. The molecule has 2 heterocycles. The lowest BCUT2D eigenvalue weighted by Crippen LogP contribution is -2.48. The van der Waals surface area contributed by atoms with Crippen LogP contribution >= 0.6 is 11.8 Å². The number of carbonyl (C=O) groups excluding carboxylic acids is 1. The molecule has 1 amide bonds. The first-order valence-electron chi connectivity index (χ1n) is 6.48. The van der Waals surface area contributed by atoms with Gasteiger partial charge in [0.1, 0.15) is 0 Å². The van der Waals surface area contributed by atoms with Crippen molar-refractivity contribution in [3.63, 3.8) is 0 Å². The Bertz CT molecular complexity index is 306. The third-order valence-electron chi connectivity index (χ3n) is 3.76. The highest BCUT2D eigenvalue weighted by Gasteiger charge is 2.31. The highest BCUT2D eigenvalue weighted by atomic mass is 32.2. The highest BCUT2D eigenvalue weighted by Crippen LogP contribution is 2.25. The molecule has 17 heavy (non-hydrogen) atoms. The van der Waals surface area contributed by atoms with Gasteiger partial charge in [-0.15, -0.1) is 11.8 Å². The standard InChI is InChI=1S/C13H22N2OS/c1-10-4-3-5-12(14-2)13(16)15(10)8-11-6-7-17-9-11/h6-7,10-12,14H,3-5,8-9H2,1-2H3. The van der Waals surface area contributed by atoms with E-state index in [0.29, 0.717) is 17.9 Å². The van der Waals surface area contributed by atoms with Crippen molar-refractivity contribution in [2.45, 2.75) is 38.3 Å². The fraction of sp³-hybridized carbons (Fsp3) is 0.769. The Kier molecular flexibility index (Phi) is 4.51. The van der Waals surface area contributed by atoms with Crippen LogP contribution in [-0.2, 0) is 4.79 Å². The Morgan fingerprint density at radius 1 is 1.53 bits per heavy atom. The van der Waals surface area contributed by atoms with Crippen molar-refractivity contribution in [2.24, 2.45) is 5.92 Å². The zero-order valence-electron chi connectivity index (χ0n) is 10.7. The summed E-state index contributed by atoms with van der Waals surface area (Å²) in [5.41, 5.74) is 0. The molecule has 0 spiro atoms. The van der Waals surface area contributed by atoms with Crippen LogP contribution in [0.25, 0.3) is 0 Å². The summed E-state index contributed by atoms with van der Waals surface area (Å²) >= 11 is 1.85. The summed E-state index contributed by atoms with van der Waals surface area (Å²) in [5, 5.41) is 5.31. The summed E-state index contributed by atoms with van der Waals surface area (Å²) in [6.07, 6.45) is 5.49. The zero-order chi connectivity index (χ0) is 12.3. The van der Waals surface area contributed by atoms with Crippen molar-refractivity contribution in [3.05, 3.63) is 11.5 Å². The molecule has 1 N–H and O–H groups in total. The van der Waals surface area contributed by atoms with Gasteiger partial charge < -0.3 is 10.2 Å². The molecule has 0 aliphatic carbocycles. The fourth-order valence-electron chi connectivity index (χ4n) is 2.62. The van der Waals surface area contributed by atoms with Crippen LogP contribution in [0.3, 0.4) is 0 Å². The number of hydrogen-bond acceptors (Lipinski definition) is 3. The van der Waals surface area contributed by atoms with Gasteiger partial charge in [-0.3, -0.25) is 4.79 Å². The van der Waals surface area contributed by atoms with E-state index in [1.54, 1.807) is 0 Å². The summed E-state index contributed by atoms with van der Waals surface area (Å²) in [4.78, 5) is 14.5. The molecule has 0 aromatic rings. The minimum Gasteiger partial charge on any atom is -0.338 e. The van der Waals surface area contributed by atoms with E-state index < -0.39 is 0 Å². The predicted octanol–water partition coefficient (Wildman–Crippen LogP) is 1.85. The largest absolute Gasteiger partial charge is 0.338 e. The van der Waals surface area contributed by atoms with Gasteiger partial charge in [0.15, 0.2) is 0 Å². The summed E-state index contributed by atoms with van der Waals surface area (Å²) in [6.45, 7) is 3.07. The lowest BCUT2D eigenvalue weighted by molar-refractivity contribution is -0.135. The van der Waals surface area contributed by atoms with E-state index in [1.165, 1.54) is 0 Å². The van der Waals surface area contributed by atoms with Crippen LogP contribution in [0.5, 0.6) is 0 Å². The van der Waals surface area contributed by atoms with Crippen LogP contribution in [0.4, 0.5) is 0 Å². The van der Waals surface area contributed by atoms with E-state index in [0.717, 1.165) is 31.6 Å². The molecular weight excluding hydrogens is 232 g/mol. The quantitative estimate of drug-likeness (QED) is 0.834. The summed E-state index contributed by atoms with van der Waals surface area (Å²) < 4.78 is 0. The lowest BCUT2D eigenvalue weighted by Gasteiger charge is -2.31.